The normalized spacial score (nSPS) is 20.6. The van der Waals surface area contributed by atoms with Crippen molar-refractivity contribution in [3.63, 3.8) is 0 Å². The Morgan fingerprint density at radius 3 is 2.31 bits per heavy atom. The van der Waals surface area contributed by atoms with Gasteiger partial charge in [-0.1, -0.05) is 12.8 Å². The van der Waals surface area contributed by atoms with Crippen molar-refractivity contribution in [1.82, 2.24) is 4.90 Å². The van der Waals surface area contributed by atoms with Crippen molar-refractivity contribution < 1.29 is 17.9 Å². The highest BCUT2D eigenvalue weighted by Crippen LogP contribution is 2.33. The maximum atomic E-state index is 11.8. The molecule has 1 rings (SSSR count). The number of alkyl halides is 3. The number of hydrogen-bond donors (Lipinski definition) is 1. The fourth-order valence-corrected chi connectivity index (χ4v) is 2.31. The van der Waals surface area contributed by atoms with E-state index in [4.69, 9.17) is 5.73 Å². The molecule has 3 nitrogen and oxygen atoms in total. The van der Waals surface area contributed by atoms with E-state index in [0.29, 0.717) is 6.54 Å². The number of nitrogens with zero attached hydrogens (tertiary/aromatic N) is 1. The molecule has 0 aliphatic heterocycles. The predicted octanol–water partition coefficient (Wildman–Crippen LogP) is 1.73. The summed E-state index contributed by atoms with van der Waals surface area (Å²) in [5.41, 5.74) is 5.61. The van der Waals surface area contributed by atoms with Gasteiger partial charge in [-0.15, -0.1) is 13.2 Å². The molecule has 1 saturated carbocycles. The van der Waals surface area contributed by atoms with Gasteiger partial charge in [-0.25, -0.2) is 0 Å². The minimum Gasteiger partial charge on any atom is -0.329 e. The van der Waals surface area contributed by atoms with Gasteiger partial charge < -0.3 is 5.73 Å². The van der Waals surface area contributed by atoms with E-state index in [1.807, 2.05) is 11.9 Å². The number of likely N-dealkylation sites (N-methyl/N-ethyl adjacent to an activating group) is 1. The van der Waals surface area contributed by atoms with Gasteiger partial charge in [0, 0.05) is 18.6 Å². The average molecular weight is 240 g/mol. The van der Waals surface area contributed by atoms with Crippen LogP contribution in [-0.4, -0.2) is 43.5 Å². The smallest absolute Gasteiger partial charge is 0.329 e. The Kier molecular flexibility index (Phi) is 4.58. The van der Waals surface area contributed by atoms with E-state index in [1.54, 1.807) is 0 Å². The fourth-order valence-electron chi connectivity index (χ4n) is 2.31. The molecule has 1 fully saturated rings. The molecule has 0 aromatic heterocycles. The average Bonchev–Trinajstić information content (AvgIpc) is 2.65. The molecule has 0 unspecified atom stereocenters. The van der Waals surface area contributed by atoms with E-state index >= 15 is 0 Å². The highest BCUT2D eigenvalue weighted by molar-refractivity contribution is 4.94. The molecule has 6 heteroatoms. The maximum absolute atomic E-state index is 11.8. The highest BCUT2D eigenvalue weighted by Gasteiger charge is 2.36. The van der Waals surface area contributed by atoms with Crippen LogP contribution >= 0.6 is 0 Å². The van der Waals surface area contributed by atoms with Crippen LogP contribution in [0.15, 0.2) is 0 Å². The number of halogens is 3. The maximum Gasteiger partial charge on any atom is 0.522 e. The molecule has 1 aliphatic carbocycles. The summed E-state index contributed by atoms with van der Waals surface area (Å²) in [4.78, 5) is 1.91. The molecule has 1 aliphatic rings. The highest BCUT2D eigenvalue weighted by atomic mass is 19.4. The predicted molar refractivity (Wildman–Crippen MR) is 54.9 cm³/mol. The van der Waals surface area contributed by atoms with E-state index in [-0.39, 0.29) is 18.7 Å². The van der Waals surface area contributed by atoms with Gasteiger partial charge in [0.15, 0.2) is 0 Å². The third-order valence-electron chi connectivity index (χ3n) is 3.42. The van der Waals surface area contributed by atoms with Gasteiger partial charge in [0.25, 0.3) is 0 Å². The summed E-state index contributed by atoms with van der Waals surface area (Å²) in [6.07, 6.45) is -0.409. The molecule has 0 radical (unpaired) electrons. The molecule has 16 heavy (non-hydrogen) atoms. The Hall–Kier alpha value is -0.330. The quantitative estimate of drug-likeness (QED) is 0.795. The number of rotatable bonds is 5. The Morgan fingerprint density at radius 2 is 1.88 bits per heavy atom. The van der Waals surface area contributed by atoms with Gasteiger partial charge in [0.1, 0.15) is 0 Å². The molecule has 0 atom stereocenters. The molecule has 0 aromatic carbocycles. The first-order valence-electron chi connectivity index (χ1n) is 5.52. The Morgan fingerprint density at radius 1 is 1.31 bits per heavy atom. The van der Waals surface area contributed by atoms with Crippen LogP contribution in [0.25, 0.3) is 0 Å². The number of ether oxygens (including phenoxy) is 1. The Bertz CT molecular complexity index is 215. The molecule has 2 N–H and O–H groups in total. The minimum absolute atomic E-state index is 0.116. The Balaban J connectivity index is 2.36. The molecule has 0 bridgehead atoms. The van der Waals surface area contributed by atoms with E-state index in [2.05, 4.69) is 4.74 Å². The summed E-state index contributed by atoms with van der Waals surface area (Å²) in [7, 11) is 1.82. The molecule has 0 aromatic rings. The molecule has 0 heterocycles. The summed E-state index contributed by atoms with van der Waals surface area (Å²) < 4.78 is 39.2. The van der Waals surface area contributed by atoms with E-state index in [1.165, 1.54) is 0 Å². The fraction of sp³-hybridized carbons (Fsp3) is 1.00. The summed E-state index contributed by atoms with van der Waals surface area (Å²) in [5, 5.41) is 0. The first-order valence-corrected chi connectivity index (χ1v) is 5.52. The summed E-state index contributed by atoms with van der Waals surface area (Å²) in [6.45, 7) is 0.425. The van der Waals surface area contributed by atoms with Gasteiger partial charge >= 0.3 is 6.36 Å². The molecular weight excluding hydrogens is 221 g/mol. The lowest BCUT2D eigenvalue weighted by atomic mass is 9.96. The Labute approximate surface area is 93.7 Å². The van der Waals surface area contributed by atoms with Crippen molar-refractivity contribution in [3.8, 4) is 0 Å². The topological polar surface area (TPSA) is 38.5 Å². The van der Waals surface area contributed by atoms with Crippen LogP contribution in [0.1, 0.15) is 25.7 Å². The van der Waals surface area contributed by atoms with Crippen LogP contribution < -0.4 is 5.73 Å². The second kappa shape index (κ2) is 5.33. The van der Waals surface area contributed by atoms with Crippen molar-refractivity contribution in [2.75, 3.05) is 26.7 Å². The third-order valence-corrected chi connectivity index (χ3v) is 3.42. The second-order valence-corrected chi connectivity index (χ2v) is 4.35. The second-order valence-electron chi connectivity index (χ2n) is 4.35. The summed E-state index contributed by atoms with van der Waals surface area (Å²) >= 11 is 0. The first kappa shape index (κ1) is 13.7. The molecule has 0 spiro atoms. The van der Waals surface area contributed by atoms with Crippen LogP contribution in [0.5, 0.6) is 0 Å². The van der Waals surface area contributed by atoms with E-state index in [9.17, 15) is 13.2 Å². The van der Waals surface area contributed by atoms with Gasteiger partial charge in [0.2, 0.25) is 0 Å². The summed E-state index contributed by atoms with van der Waals surface area (Å²) in [6, 6.07) is 0. The largest absolute Gasteiger partial charge is 0.522 e. The van der Waals surface area contributed by atoms with Crippen LogP contribution in [0.2, 0.25) is 0 Å². The van der Waals surface area contributed by atoms with Gasteiger partial charge in [-0.2, -0.15) is 0 Å². The van der Waals surface area contributed by atoms with Crippen molar-refractivity contribution in [2.45, 2.75) is 37.6 Å². The standard InChI is InChI=1S/C10H19F3N2O/c1-15(6-7-16-10(11,12)13)9(8-14)4-2-3-5-9/h2-8,14H2,1H3. The first-order chi connectivity index (χ1) is 7.40. The van der Waals surface area contributed by atoms with Crippen molar-refractivity contribution in [3.05, 3.63) is 0 Å². The minimum atomic E-state index is -4.54. The van der Waals surface area contributed by atoms with Gasteiger partial charge in [0.05, 0.1) is 6.61 Å². The van der Waals surface area contributed by atoms with E-state index in [0.717, 1.165) is 25.7 Å². The lowest BCUT2D eigenvalue weighted by molar-refractivity contribution is -0.325. The lowest BCUT2D eigenvalue weighted by Crippen LogP contribution is -2.51. The summed E-state index contributed by atoms with van der Waals surface area (Å²) in [5.74, 6) is 0. The SMILES string of the molecule is CN(CCOC(F)(F)F)C1(CN)CCCC1. The molecule has 0 saturated heterocycles. The van der Waals surface area contributed by atoms with E-state index < -0.39 is 6.36 Å². The zero-order valence-electron chi connectivity index (χ0n) is 9.52. The monoisotopic (exact) mass is 240 g/mol. The van der Waals surface area contributed by atoms with Crippen molar-refractivity contribution >= 4 is 0 Å². The van der Waals surface area contributed by atoms with Crippen molar-refractivity contribution in [2.24, 2.45) is 5.73 Å². The third kappa shape index (κ3) is 3.61. The lowest BCUT2D eigenvalue weighted by Gasteiger charge is -2.37. The van der Waals surface area contributed by atoms with Crippen LogP contribution in [-0.2, 0) is 4.74 Å². The number of nitrogens with two attached hydrogens (primary N) is 1. The zero-order valence-corrected chi connectivity index (χ0v) is 9.52. The van der Waals surface area contributed by atoms with Crippen LogP contribution in [0.4, 0.5) is 13.2 Å². The van der Waals surface area contributed by atoms with Gasteiger partial charge in [-0.3, -0.25) is 9.64 Å². The van der Waals surface area contributed by atoms with Gasteiger partial charge in [-0.05, 0) is 19.9 Å². The zero-order chi connectivity index (χ0) is 12.2. The molecule has 96 valence electrons. The van der Waals surface area contributed by atoms with Crippen LogP contribution in [0.3, 0.4) is 0 Å². The van der Waals surface area contributed by atoms with Crippen molar-refractivity contribution in [1.29, 1.82) is 0 Å². The van der Waals surface area contributed by atoms with Crippen LogP contribution in [0, 0.1) is 0 Å². The number of hydrogen-bond acceptors (Lipinski definition) is 3. The molecular formula is C10H19F3N2O. The molecule has 0 amide bonds.